The van der Waals surface area contributed by atoms with Crippen LogP contribution in [0.5, 0.6) is 0 Å². The Bertz CT molecular complexity index is 665. The molecule has 1 aromatic carbocycles. The van der Waals surface area contributed by atoms with Gasteiger partial charge in [-0.3, -0.25) is 20.3 Å². The lowest BCUT2D eigenvalue weighted by atomic mass is 10.1. The summed E-state index contributed by atoms with van der Waals surface area (Å²) in [6.07, 6.45) is 1.58. The summed E-state index contributed by atoms with van der Waals surface area (Å²) in [6, 6.07) is 9.84. The second-order valence-corrected chi connectivity index (χ2v) is 6.25. The minimum atomic E-state index is -0.871. The van der Waals surface area contributed by atoms with Crippen LogP contribution >= 0.6 is 0 Å². The van der Waals surface area contributed by atoms with Crippen molar-refractivity contribution in [3.63, 3.8) is 0 Å². The van der Waals surface area contributed by atoms with Gasteiger partial charge in [-0.1, -0.05) is 37.3 Å². The van der Waals surface area contributed by atoms with Crippen LogP contribution in [0, 0.1) is 5.41 Å². The van der Waals surface area contributed by atoms with Crippen molar-refractivity contribution in [3.05, 3.63) is 35.9 Å². The molecule has 0 radical (unpaired) electrons. The molecule has 0 spiro atoms. The Labute approximate surface area is 170 Å². The Kier molecular flexibility index (Phi) is 11.5. The molecule has 0 unspecified atom stereocenters. The van der Waals surface area contributed by atoms with Crippen molar-refractivity contribution in [1.82, 2.24) is 10.2 Å². The van der Waals surface area contributed by atoms with E-state index in [0.717, 1.165) is 12.0 Å². The van der Waals surface area contributed by atoms with Crippen LogP contribution in [0.3, 0.4) is 0 Å². The van der Waals surface area contributed by atoms with E-state index < -0.39 is 12.1 Å². The molecule has 0 aliphatic carbocycles. The first kappa shape index (κ1) is 23.9. The maximum atomic E-state index is 11.7. The van der Waals surface area contributed by atoms with Crippen molar-refractivity contribution in [2.75, 3.05) is 33.4 Å². The molecular formula is C20H29N3O6. The summed E-state index contributed by atoms with van der Waals surface area (Å²) in [4.78, 5) is 36.0. The number of aryl methyl sites for hydroxylation is 1. The van der Waals surface area contributed by atoms with Crippen LogP contribution in [0.2, 0.25) is 0 Å². The molecule has 0 saturated carbocycles. The molecule has 0 saturated heterocycles. The minimum Gasteiger partial charge on any atom is -0.464 e. The van der Waals surface area contributed by atoms with Crippen LogP contribution in [0.4, 0.5) is 4.79 Å². The number of hydrogen-bond donors (Lipinski definition) is 2. The molecule has 0 aliphatic rings. The number of guanidine groups is 1. The fraction of sp³-hybridized carbons (Fsp3) is 0.500. The number of ether oxygens (including phenoxy) is 3. The highest BCUT2D eigenvalue weighted by Gasteiger charge is 2.14. The van der Waals surface area contributed by atoms with Gasteiger partial charge in [-0.2, -0.15) is 0 Å². The summed E-state index contributed by atoms with van der Waals surface area (Å²) >= 11 is 0. The first-order chi connectivity index (χ1) is 13.9. The van der Waals surface area contributed by atoms with Gasteiger partial charge in [0.15, 0.2) is 0 Å². The quantitative estimate of drug-likeness (QED) is 0.190. The predicted octanol–water partition coefficient (Wildman–Crippen LogP) is 2.10. The summed E-state index contributed by atoms with van der Waals surface area (Å²) in [7, 11) is 1.47. The number of nitrogens with one attached hydrogen (secondary N) is 2. The third-order valence-corrected chi connectivity index (χ3v) is 3.70. The number of carbonyl (C=O) groups excluding carboxylic acids is 3. The van der Waals surface area contributed by atoms with Gasteiger partial charge in [0.05, 0.1) is 6.61 Å². The Hall–Kier alpha value is -3.10. The summed E-state index contributed by atoms with van der Waals surface area (Å²) < 4.78 is 14.8. The van der Waals surface area contributed by atoms with E-state index in [1.54, 1.807) is 0 Å². The summed E-state index contributed by atoms with van der Waals surface area (Å²) in [5.41, 5.74) is 1.16. The number of alkyl carbamates (subject to hydrolysis) is 1. The van der Waals surface area contributed by atoms with E-state index in [1.165, 1.54) is 11.9 Å². The summed E-state index contributed by atoms with van der Waals surface area (Å²) in [6.45, 7) is 1.81. The number of likely N-dealkylation sites (N-methyl/N-ethyl adjacent to an activating group) is 1. The van der Waals surface area contributed by atoms with Crippen LogP contribution < -0.4 is 5.32 Å². The van der Waals surface area contributed by atoms with E-state index in [1.807, 2.05) is 37.3 Å². The maximum Gasteiger partial charge on any atom is 0.414 e. The highest BCUT2D eigenvalue weighted by Crippen LogP contribution is 2.05. The van der Waals surface area contributed by atoms with Gasteiger partial charge in [-0.15, -0.1) is 0 Å². The Morgan fingerprint density at radius 1 is 1.00 bits per heavy atom. The SMILES string of the molecule is CCCOC(=O)CN(C)C(=N)NC(=O)OCCOC(=O)CCCc1ccccc1. The summed E-state index contributed by atoms with van der Waals surface area (Å²) in [5, 5.41) is 9.89. The zero-order valence-electron chi connectivity index (χ0n) is 16.9. The van der Waals surface area contributed by atoms with E-state index in [0.29, 0.717) is 19.4 Å². The Balaban J connectivity index is 2.11. The van der Waals surface area contributed by atoms with Gasteiger partial charge in [0.2, 0.25) is 5.96 Å². The van der Waals surface area contributed by atoms with E-state index in [-0.39, 0.29) is 38.1 Å². The van der Waals surface area contributed by atoms with Crippen molar-refractivity contribution in [2.45, 2.75) is 32.6 Å². The third kappa shape index (κ3) is 11.4. The number of esters is 2. The van der Waals surface area contributed by atoms with Gasteiger partial charge >= 0.3 is 18.0 Å². The minimum absolute atomic E-state index is 0.0654. The van der Waals surface area contributed by atoms with Crippen molar-refractivity contribution >= 4 is 24.0 Å². The highest BCUT2D eigenvalue weighted by atomic mass is 16.6. The number of benzene rings is 1. The van der Waals surface area contributed by atoms with Crippen LogP contribution in [-0.4, -0.2) is 62.3 Å². The van der Waals surface area contributed by atoms with Crippen molar-refractivity contribution in [1.29, 1.82) is 5.41 Å². The van der Waals surface area contributed by atoms with Crippen LogP contribution in [0.1, 0.15) is 31.7 Å². The molecule has 1 rings (SSSR count). The zero-order valence-corrected chi connectivity index (χ0v) is 16.9. The molecule has 1 amide bonds. The molecule has 0 heterocycles. The normalized spacial score (nSPS) is 10.0. The van der Waals surface area contributed by atoms with E-state index in [4.69, 9.17) is 19.6 Å². The van der Waals surface area contributed by atoms with Crippen molar-refractivity contribution in [2.24, 2.45) is 0 Å². The molecule has 0 aromatic heterocycles. The maximum absolute atomic E-state index is 11.7. The number of hydrogen-bond acceptors (Lipinski definition) is 7. The Morgan fingerprint density at radius 3 is 2.34 bits per heavy atom. The number of nitrogens with zero attached hydrogens (tertiary/aromatic N) is 1. The topological polar surface area (TPSA) is 118 Å². The van der Waals surface area contributed by atoms with Gasteiger partial charge in [0, 0.05) is 13.5 Å². The molecule has 160 valence electrons. The highest BCUT2D eigenvalue weighted by molar-refractivity contribution is 5.93. The fourth-order valence-electron chi connectivity index (χ4n) is 2.21. The second-order valence-electron chi connectivity index (χ2n) is 6.25. The first-order valence-electron chi connectivity index (χ1n) is 9.51. The third-order valence-electron chi connectivity index (χ3n) is 3.70. The van der Waals surface area contributed by atoms with Crippen LogP contribution in [0.15, 0.2) is 30.3 Å². The van der Waals surface area contributed by atoms with E-state index >= 15 is 0 Å². The van der Waals surface area contributed by atoms with Gasteiger partial charge in [-0.25, -0.2) is 4.79 Å². The number of carbonyl (C=O) groups is 3. The molecular weight excluding hydrogens is 378 g/mol. The van der Waals surface area contributed by atoms with Gasteiger partial charge in [-0.05, 0) is 24.8 Å². The van der Waals surface area contributed by atoms with Gasteiger partial charge in [0.25, 0.3) is 0 Å². The van der Waals surface area contributed by atoms with E-state index in [9.17, 15) is 14.4 Å². The monoisotopic (exact) mass is 407 g/mol. The standard InChI is InChI=1S/C20H29N3O6/c1-3-12-27-18(25)15-23(2)19(21)22-20(26)29-14-13-28-17(24)11-7-10-16-8-5-4-6-9-16/h4-6,8-9H,3,7,10-15H2,1-2H3,(H2,21,22,26). The van der Waals surface area contributed by atoms with Crippen molar-refractivity contribution in [3.8, 4) is 0 Å². The van der Waals surface area contributed by atoms with Gasteiger partial charge < -0.3 is 19.1 Å². The average molecular weight is 407 g/mol. The van der Waals surface area contributed by atoms with Gasteiger partial charge in [0.1, 0.15) is 19.8 Å². The lowest BCUT2D eigenvalue weighted by molar-refractivity contribution is -0.145. The predicted molar refractivity (Wildman–Crippen MR) is 106 cm³/mol. The molecule has 9 nitrogen and oxygen atoms in total. The molecule has 0 aliphatic heterocycles. The number of amides is 1. The largest absolute Gasteiger partial charge is 0.464 e. The van der Waals surface area contributed by atoms with Crippen LogP contribution in [-0.2, 0) is 30.2 Å². The molecule has 0 atom stereocenters. The summed E-state index contributed by atoms with van der Waals surface area (Å²) in [5.74, 6) is -1.15. The molecule has 9 heteroatoms. The molecule has 0 fully saturated rings. The molecule has 0 bridgehead atoms. The number of rotatable bonds is 11. The molecule has 29 heavy (non-hydrogen) atoms. The van der Waals surface area contributed by atoms with E-state index in [2.05, 4.69) is 5.32 Å². The second kappa shape index (κ2) is 14.0. The Morgan fingerprint density at radius 2 is 1.66 bits per heavy atom. The fourth-order valence-corrected chi connectivity index (χ4v) is 2.21. The molecule has 2 N–H and O–H groups in total. The smallest absolute Gasteiger partial charge is 0.414 e. The van der Waals surface area contributed by atoms with Crippen LogP contribution in [0.25, 0.3) is 0 Å². The first-order valence-corrected chi connectivity index (χ1v) is 9.51. The van der Waals surface area contributed by atoms with Crippen molar-refractivity contribution < 1.29 is 28.6 Å². The lowest BCUT2D eigenvalue weighted by Gasteiger charge is -2.18. The lowest BCUT2D eigenvalue weighted by Crippen LogP contribution is -2.44. The zero-order chi connectivity index (χ0) is 21.5. The molecule has 1 aromatic rings. The average Bonchev–Trinajstić information content (AvgIpc) is 2.70.